The van der Waals surface area contributed by atoms with Gasteiger partial charge in [0.1, 0.15) is 0 Å². The summed E-state index contributed by atoms with van der Waals surface area (Å²) in [6.07, 6.45) is 10.5. The molecular formula is C26H39NO. The smallest absolute Gasteiger partial charge is 0.251 e. The normalized spacial score (nSPS) is 42.9. The number of carbonyl (C=O) groups excluding carboxylic acids is 1. The van der Waals surface area contributed by atoms with Crippen molar-refractivity contribution in [1.82, 2.24) is 5.32 Å². The Kier molecular flexibility index (Phi) is 5.35. The van der Waals surface area contributed by atoms with E-state index in [0.717, 1.165) is 35.7 Å². The zero-order chi connectivity index (χ0) is 19.9. The lowest BCUT2D eigenvalue weighted by Gasteiger charge is -2.61. The van der Waals surface area contributed by atoms with Crippen molar-refractivity contribution < 1.29 is 4.79 Å². The van der Waals surface area contributed by atoms with Gasteiger partial charge in [-0.2, -0.15) is 0 Å². The Morgan fingerprint density at radius 2 is 1.82 bits per heavy atom. The Bertz CT molecular complexity index is 700. The summed E-state index contributed by atoms with van der Waals surface area (Å²) in [6, 6.07) is 10.0. The first-order valence-corrected chi connectivity index (χ1v) is 11.7. The molecule has 0 aliphatic heterocycles. The molecular weight excluding hydrogens is 342 g/mol. The molecule has 1 N–H and O–H groups in total. The summed E-state index contributed by atoms with van der Waals surface area (Å²) < 4.78 is 0. The first kappa shape index (κ1) is 20.0. The molecule has 7 atom stereocenters. The van der Waals surface area contributed by atoms with Crippen molar-refractivity contribution in [3.05, 3.63) is 35.9 Å². The molecule has 0 heterocycles. The standard InChI is InChI=1S/C26H39NO/c1-5-25(3)15-14-23-22(18(25)2)12-11-20-17-21(13-16-26(20,23)4)27-24(28)19-9-7-6-8-10-19/h6-10,18,20-23H,5,11-17H2,1-4H3,(H,27,28). The maximum atomic E-state index is 12.6. The topological polar surface area (TPSA) is 29.1 Å². The minimum Gasteiger partial charge on any atom is -0.349 e. The third kappa shape index (κ3) is 3.31. The quantitative estimate of drug-likeness (QED) is 0.639. The number of fused-ring (bicyclic) bond motifs is 3. The highest BCUT2D eigenvalue weighted by atomic mass is 16.1. The van der Waals surface area contributed by atoms with E-state index in [9.17, 15) is 4.79 Å². The first-order valence-electron chi connectivity index (χ1n) is 11.7. The second-order valence-corrected chi connectivity index (χ2v) is 10.7. The van der Waals surface area contributed by atoms with Gasteiger partial charge in [-0.3, -0.25) is 4.79 Å². The third-order valence-electron chi connectivity index (χ3n) is 9.69. The molecule has 2 nitrogen and oxygen atoms in total. The minimum absolute atomic E-state index is 0.105. The van der Waals surface area contributed by atoms with E-state index in [2.05, 4.69) is 33.0 Å². The van der Waals surface area contributed by atoms with Crippen LogP contribution >= 0.6 is 0 Å². The van der Waals surface area contributed by atoms with Crippen molar-refractivity contribution in [2.75, 3.05) is 0 Å². The van der Waals surface area contributed by atoms with Gasteiger partial charge < -0.3 is 5.32 Å². The van der Waals surface area contributed by atoms with Gasteiger partial charge in [-0.05, 0) is 91.6 Å². The molecule has 0 saturated heterocycles. The van der Waals surface area contributed by atoms with Crippen LogP contribution in [0, 0.1) is 34.5 Å². The number of rotatable bonds is 3. The number of hydrogen-bond donors (Lipinski definition) is 1. The Labute approximate surface area is 171 Å². The van der Waals surface area contributed by atoms with Crippen LogP contribution in [-0.2, 0) is 0 Å². The van der Waals surface area contributed by atoms with Crippen LogP contribution in [0.25, 0.3) is 0 Å². The second kappa shape index (κ2) is 7.50. The second-order valence-electron chi connectivity index (χ2n) is 10.7. The van der Waals surface area contributed by atoms with Crippen LogP contribution in [-0.4, -0.2) is 11.9 Å². The zero-order valence-electron chi connectivity index (χ0n) is 18.3. The van der Waals surface area contributed by atoms with E-state index in [1.54, 1.807) is 0 Å². The molecule has 1 aromatic rings. The fourth-order valence-corrected chi connectivity index (χ4v) is 7.30. The number of hydrogen-bond acceptors (Lipinski definition) is 1. The molecule has 2 heteroatoms. The van der Waals surface area contributed by atoms with Gasteiger partial charge in [-0.25, -0.2) is 0 Å². The molecule has 3 fully saturated rings. The van der Waals surface area contributed by atoms with Gasteiger partial charge in [0.2, 0.25) is 0 Å². The molecule has 0 aromatic heterocycles. The van der Waals surface area contributed by atoms with Crippen LogP contribution in [0.2, 0.25) is 0 Å². The summed E-state index contributed by atoms with van der Waals surface area (Å²) in [5.41, 5.74) is 1.82. The number of carbonyl (C=O) groups is 1. The van der Waals surface area contributed by atoms with E-state index in [1.807, 2.05) is 30.3 Å². The average molecular weight is 382 g/mol. The molecule has 7 unspecified atom stereocenters. The average Bonchev–Trinajstić information content (AvgIpc) is 2.71. The van der Waals surface area contributed by atoms with Gasteiger partial charge in [0.25, 0.3) is 5.91 Å². The van der Waals surface area contributed by atoms with Gasteiger partial charge in [0, 0.05) is 11.6 Å². The molecule has 4 rings (SSSR count). The maximum Gasteiger partial charge on any atom is 0.251 e. The lowest BCUT2D eigenvalue weighted by atomic mass is 9.44. The summed E-state index contributed by atoms with van der Waals surface area (Å²) >= 11 is 0. The van der Waals surface area contributed by atoms with E-state index in [4.69, 9.17) is 0 Å². The predicted molar refractivity (Wildman–Crippen MR) is 116 cm³/mol. The molecule has 0 bridgehead atoms. The van der Waals surface area contributed by atoms with Crippen LogP contribution in [0.3, 0.4) is 0 Å². The summed E-state index contributed by atoms with van der Waals surface area (Å²) in [7, 11) is 0. The van der Waals surface area contributed by atoms with Crippen molar-refractivity contribution in [3.8, 4) is 0 Å². The van der Waals surface area contributed by atoms with Crippen LogP contribution in [0.5, 0.6) is 0 Å². The Morgan fingerprint density at radius 1 is 1.07 bits per heavy atom. The summed E-state index contributed by atoms with van der Waals surface area (Å²) in [4.78, 5) is 12.6. The van der Waals surface area contributed by atoms with Gasteiger partial charge in [0.05, 0.1) is 0 Å². The van der Waals surface area contributed by atoms with Crippen LogP contribution in [0.1, 0.15) is 89.4 Å². The molecule has 1 aromatic carbocycles. The lowest BCUT2D eigenvalue weighted by molar-refractivity contribution is -0.111. The van der Waals surface area contributed by atoms with Crippen molar-refractivity contribution in [3.63, 3.8) is 0 Å². The maximum absolute atomic E-state index is 12.6. The Hall–Kier alpha value is -1.31. The minimum atomic E-state index is 0.105. The molecule has 3 aliphatic rings. The van der Waals surface area contributed by atoms with Gasteiger partial charge in [-0.1, -0.05) is 52.3 Å². The van der Waals surface area contributed by atoms with E-state index < -0.39 is 0 Å². The van der Waals surface area contributed by atoms with E-state index >= 15 is 0 Å². The monoisotopic (exact) mass is 381 g/mol. The molecule has 28 heavy (non-hydrogen) atoms. The largest absolute Gasteiger partial charge is 0.349 e. The van der Waals surface area contributed by atoms with Gasteiger partial charge in [-0.15, -0.1) is 0 Å². The summed E-state index contributed by atoms with van der Waals surface area (Å²) in [6.45, 7) is 10.1. The Morgan fingerprint density at radius 3 is 2.54 bits per heavy atom. The number of benzene rings is 1. The van der Waals surface area contributed by atoms with Crippen molar-refractivity contribution in [1.29, 1.82) is 0 Å². The SMILES string of the molecule is CCC1(C)CCC2C(CCC3CC(NC(=O)c4ccccc4)CCC32C)C1C. The van der Waals surface area contributed by atoms with Crippen LogP contribution in [0.15, 0.2) is 30.3 Å². The zero-order valence-corrected chi connectivity index (χ0v) is 18.3. The van der Waals surface area contributed by atoms with E-state index in [0.29, 0.717) is 16.9 Å². The fraction of sp³-hybridized carbons (Fsp3) is 0.731. The molecule has 0 radical (unpaired) electrons. The molecule has 3 aliphatic carbocycles. The lowest BCUT2D eigenvalue weighted by Crippen LogP contribution is -2.55. The number of nitrogens with one attached hydrogen (secondary N) is 1. The van der Waals surface area contributed by atoms with Crippen LogP contribution < -0.4 is 5.32 Å². The van der Waals surface area contributed by atoms with Gasteiger partial charge >= 0.3 is 0 Å². The van der Waals surface area contributed by atoms with E-state index in [1.165, 1.54) is 44.9 Å². The molecule has 0 spiro atoms. The van der Waals surface area contributed by atoms with Crippen molar-refractivity contribution >= 4 is 5.91 Å². The van der Waals surface area contributed by atoms with Crippen molar-refractivity contribution in [2.24, 2.45) is 34.5 Å². The summed E-state index contributed by atoms with van der Waals surface area (Å²) in [5, 5.41) is 3.35. The molecule has 3 saturated carbocycles. The fourth-order valence-electron chi connectivity index (χ4n) is 7.30. The highest BCUT2D eigenvalue weighted by molar-refractivity contribution is 5.94. The highest BCUT2D eigenvalue weighted by Crippen LogP contribution is 2.63. The first-order chi connectivity index (χ1) is 13.4. The molecule has 1 amide bonds. The van der Waals surface area contributed by atoms with E-state index in [-0.39, 0.29) is 5.91 Å². The van der Waals surface area contributed by atoms with Crippen LogP contribution in [0.4, 0.5) is 0 Å². The number of amides is 1. The highest BCUT2D eigenvalue weighted by Gasteiger charge is 2.55. The third-order valence-corrected chi connectivity index (χ3v) is 9.69. The molecule has 154 valence electrons. The van der Waals surface area contributed by atoms with Gasteiger partial charge in [0.15, 0.2) is 0 Å². The summed E-state index contributed by atoms with van der Waals surface area (Å²) in [5.74, 6) is 3.54. The van der Waals surface area contributed by atoms with Crippen molar-refractivity contribution in [2.45, 2.75) is 85.1 Å². The Balaban J connectivity index is 1.44. The predicted octanol–water partition coefficient (Wildman–Crippen LogP) is 6.46.